The first-order valence-corrected chi connectivity index (χ1v) is 4.15. The Balaban J connectivity index is 2.71. The van der Waals surface area contributed by atoms with E-state index in [0.29, 0.717) is 6.54 Å². The molecule has 4 heteroatoms. The van der Waals surface area contributed by atoms with Gasteiger partial charge in [-0.15, -0.1) is 0 Å². The fourth-order valence-electron chi connectivity index (χ4n) is 1.01. The van der Waals surface area contributed by atoms with Crippen LogP contribution in [0, 0.1) is 0 Å². The van der Waals surface area contributed by atoms with Gasteiger partial charge in [0.2, 0.25) is 5.76 Å². The van der Waals surface area contributed by atoms with E-state index in [9.17, 15) is 4.79 Å². The number of hydrogen-bond acceptors (Lipinski definition) is 4. The first-order valence-electron chi connectivity index (χ1n) is 4.15. The lowest BCUT2D eigenvalue weighted by Crippen LogP contribution is -2.14. The van der Waals surface area contributed by atoms with Crippen molar-refractivity contribution in [3.8, 4) is 0 Å². The number of ether oxygens (including phenoxy) is 1. The molecule has 0 saturated heterocycles. The summed E-state index contributed by atoms with van der Waals surface area (Å²) in [6.45, 7) is 3.47. The zero-order chi connectivity index (χ0) is 9.68. The Labute approximate surface area is 76.9 Å². The van der Waals surface area contributed by atoms with E-state index < -0.39 is 5.97 Å². The molecule has 0 bridgehead atoms. The van der Waals surface area contributed by atoms with Gasteiger partial charge in [0, 0.05) is 12.1 Å². The van der Waals surface area contributed by atoms with Crippen molar-refractivity contribution in [2.24, 2.45) is 0 Å². The van der Waals surface area contributed by atoms with Gasteiger partial charge in [-0.25, -0.2) is 4.79 Å². The normalized spacial score (nSPS) is 10.0. The Morgan fingerprint density at radius 1 is 1.69 bits per heavy atom. The Morgan fingerprint density at radius 3 is 3.08 bits per heavy atom. The predicted octanol–water partition coefficient (Wildman–Crippen LogP) is 1.18. The summed E-state index contributed by atoms with van der Waals surface area (Å²) in [6.07, 6.45) is 1.49. The molecule has 4 nitrogen and oxygen atoms in total. The van der Waals surface area contributed by atoms with Crippen LogP contribution in [0.1, 0.15) is 23.0 Å². The van der Waals surface area contributed by atoms with Crippen molar-refractivity contribution < 1.29 is 13.9 Å². The van der Waals surface area contributed by atoms with Crippen molar-refractivity contribution in [2.45, 2.75) is 13.5 Å². The van der Waals surface area contributed by atoms with Crippen LogP contribution in [0.4, 0.5) is 0 Å². The Kier molecular flexibility index (Phi) is 3.52. The number of furan rings is 1. The maximum atomic E-state index is 11.1. The molecule has 1 N–H and O–H groups in total. The molecule has 0 aliphatic heterocycles. The number of carbonyl (C=O) groups excluding carboxylic acids is 1. The lowest BCUT2D eigenvalue weighted by atomic mass is 10.2. The van der Waals surface area contributed by atoms with Crippen LogP contribution in [0.3, 0.4) is 0 Å². The van der Waals surface area contributed by atoms with Gasteiger partial charge in [0.25, 0.3) is 0 Å². The highest BCUT2D eigenvalue weighted by Gasteiger charge is 2.14. The summed E-state index contributed by atoms with van der Waals surface area (Å²) in [7, 11) is 1.34. The highest BCUT2D eigenvalue weighted by atomic mass is 16.5. The second-order valence-corrected chi connectivity index (χ2v) is 2.55. The Bertz CT molecular complexity index is 280. The van der Waals surface area contributed by atoms with Crippen molar-refractivity contribution in [2.75, 3.05) is 13.7 Å². The van der Waals surface area contributed by atoms with Crippen LogP contribution in [0.15, 0.2) is 16.7 Å². The van der Waals surface area contributed by atoms with Crippen LogP contribution >= 0.6 is 0 Å². The lowest BCUT2D eigenvalue weighted by Gasteiger charge is -2.00. The SMILES string of the molecule is CCNCc1ccoc1C(=O)OC. The molecule has 0 aliphatic rings. The topological polar surface area (TPSA) is 51.5 Å². The highest BCUT2D eigenvalue weighted by molar-refractivity contribution is 5.87. The average Bonchev–Trinajstić information content (AvgIpc) is 2.61. The number of esters is 1. The smallest absolute Gasteiger partial charge is 0.374 e. The van der Waals surface area contributed by atoms with Gasteiger partial charge in [-0.1, -0.05) is 6.92 Å². The van der Waals surface area contributed by atoms with Crippen molar-refractivity contribution in [1.29, 1.82) is 0 Å². The Morgan fingerprint density at radius 2 is 2.46 bits per heavy atom. The molecular weight excluding hydrogens is 170 g/mol. The summed E-state index contributed by atoms with van der Waals surface area (Å²) in [5.74, 6) is -0.152. The van der Waals surface area contributed by atoms with Crippen LogP contribution in [0.25, 0.3) is 0 Å². The van der Waals surface area contributed by atoms with Crippen molar-refractivity contribution in [1.82, 2.24) is 5.32 Å². The second kappa shape index (κ2) is 4.67. The second-order valence-electron chi connectivity index (χ2n) is 2.55. The number of carbonyl (C=O) groups is 1. The van der Waals surface area contributed by atoms with Gasteiger partial charge in [-0.2, -0.15) is 0 Å². The van der Waals surface area contributed by atoms with Gasteiger partial charge in [-0.3, -0.25) is 0 Å². The molecule has 1 heterocycles. The van der Waals surface area contributed by atoms with E-state index >= 15 is 0 Å². The highest BCUT2D eigenvalue weighted by Crippen LogP contribution is 2.11. The molecule has 72 valence electrons. The molecule has 0 spiro atoms. The van der Waals surface area contributed by atoms with E-state index in [-0.39, 0.29) is 5.76 Å². The quantitative estimate of drug-likeness (QED) is 0.712. The molecule has 1 rings (SSSR count). The summed E-state index contributed by atoms with van der Waals surface area (Å²) in [5.41, 5.74) is 0.828. The minimum Gasteiger partial charge on any atom is -0.463 e. The fourth-order valence-corrected chi connectivity index (χ4v) is 1.01. The summed E-state index contributed by atoms with van der Waals surface area (Å²) in [6, 6.07) is 1.76. The summed E-state index contributed by atoms with van der Waals surface area (Å²) in [4.78, 5) is 11.1. The molecule has 1 aromatic rings. The minimum atomic E-state index is -0.432. The van der Waals surface area contributed by atoms with Gasteiger partial charge >= 0.3 is 5.97 Å². The molecule has 0 atom stereocenters. The molecule has 0 radical (unpaired) electrons. The van der Waals surface area contributed by atoms with Gasteiger partial charge in [0.05, 0.1) is 13.4 Å². The van der Waals surface area contributed by atoms with Crippen molar-refractivity contribution in [3.05, 3.63) is 23.7 Å². The molecule has 0 amide bonds. The molecule has 0 fully saturated rings. The van der Waals surface area contributed by atoms with Gasteiger partial charge < -0.3 is 14.5 Å². The molecule has 0 aromatic carbocycles. The van der Waals surface area contributed by atoms with Gasteiger partial charge in [0.1, 0.15) is 0 Å². The van der Waals surface area contributed by atoms with Crippen LogP contribution in [0.2, 0.25) is 0 Å². The molecule has 1 aromatic heterocycles. The van der Waals surface area contributed by atoms with E-state index in [0.717, 1.165) is 12.1 Å². The summed E-state index contributed by atoms with van der Waals surface area (Å²) >= 11 is 0. The van der Waals surface area contributed by atoms with Crippen molar-refractivity contribution >= 4 is 5.97 Å². The minimum absolute atomic E-state index is 0.281. The Hall–Kier alpha value is -1.29. The first kappa shape index (κ1) is 9.80. The third-order valence-electron chi connectivity index (χ3n) is 1.68. The zero-order valence-electron chi connectivity index (χ0n) is 7.79. The molecule has 0 saturated carbocycles. The van der Waals surface area contributed by atoms with E-state index in [1.807, 2.05) is 6.92 Å². The summed E-state index contributed by atoms with van der Waals surface area (Å²) in [5, 5.41) is 3.10. The number of methoxy groups -OCH3 is 1. The number of nitrogens with one attached hydrogen (secondary N) is 1. The van der Waals surface area contributed by atoms with Crippen molar-refractivity contribution in [3.63, 3.8) is 0 Å². The van der Waals surface area contributed by atoms with Crippen LogP contribution in [-0.2, 0) is 11.3 Å². The fraction of sp³-hybridized carbons (Fsp3) is 0.444. The monoisotopic (exact) mass is 183 g/mol. The predicted molar refractivity (Wildman–Crippen MR) is 47.4 cm³/mol. The molecular formula is C9H13NO3. The van der Waals surface area contributed by atoms with E-state index in [1.54, 1.807) is 6.07 Å². The van der Waals surface area contributed by atoms with Crippen LogP contribution in [0.5, 0.6) is 0 Å². The van der Waals surface area contributed by atoms with Crippen LogP contribution in [-0.4, -0.2) is 19.6 Å². The lowest BCUT2D eigenvalue weighted by molar-refractivity contribution is 0.0563. The van der Waals surface area contributed by atoms with E-state index in [2.05, 4.69) is 10.1 Å². The molecule has 0 unspecified atom stereocenters. The average molecular weight is 183 g/mol. The maximum absolute atomic E-state index is 11.1. The standard InChI is InChI=1S/C9H13NO3/c1-3-10-6-7-4-5-13-8(7)9(11)12-2/h4-5,10H,3,6H2,1-2H3. The third-order valence-corrected chi connectivity index (χ3v) is 1.68. The van der Waals surface area contributed by atoms with Gasteiger partial charge in [-0.05, 0) is 12.6 Å². The largest absolute Gasteiger partial charge is 0.463 e. The van der Waals surface area contributed by atoms with E-state index in [4.69, 9.17) is 4.42 Å². The van der Waals surface area contributed by atoms with Gasteiger partial charge in [0.15, 0.2) is 0 Å². The summed E-state index contributed by atoms with van der Waals surface area (Å²) < 4.78 is 9.55. The van der Waals surface area contributed by atoms with Crippen LogP contribution < -0.4 is 5.32 Å². The van der Waals surface area contributed by atoms with E-state index in [1.165, 1.54) is 13.4 Å². The molecule has 13 heavy (non-hydrogen) atoms. The molecule has 0 aliphatic carbocycles. The first-order chi connectivity index (χ1) is 6.29. The maximum Gasteiger partial charge on any atom is 0.374 e. The third kappa shape index (κ3) is 2.32. The number of hydrogen-bond donors (Lipinski definition) is 1. The number of rotatable bonds is 4. The zero-order valence-corrected chi connectivity index (χ0v) is 7.79.